The Balaban J connectivity index is 1.69. The lowest BCUT2D eigenvalue weighted by atomic mass is 10.1. The zero-order valence-corrected chi connectivity index (χ0v) is 16.7. The molecule has 0 radical (unpaired) electrons. The highest BCUT2D eigenvalue weighted by Crippen LogP contribution is 2.31. The molecule has 0 aliphatic rings. The third-order valence-electron chi connectivity index (χ3n) is 4.01. The minimum atomic E-state index is -0.622. The van der Waals surface area contributed by atoms with E-state index in [0.29, 0.717) is 11.6 Å². The maximum Gasteiger partial charge on any atom is 0.296 e. The number of carbonyl (C=O) groups excluding carboxylic acids is 1. The van der Waals surface area contributed by atoms with Crippen LogP contribution in [0.3, 0.4) is 0 Å². The molecule has 0 aliphatic carbocycles. The Bertz CT molecular complexity index is 1040. The second kappa shape index (κ2) is 8.74. The maximum absolute atomic E-state index is 12.5. The molecule has 0 fully saturated rings. The summed E-state index contributed by atoms with van der Waals surface area (Å²) in [5.41, 5.74) is 1.72. The fourth-order valence-corrected chi connectivity index (χ4v) is 3.09. The molecule has 29 heavy (non-hydrogen) atoms. The first-order valence-corrected chi connectivity index (χ1v) is 9.46. The van der Waals surface area contributed by atoms with E-state index in [0.717, 1.165) is 22.9 Å². The van der Waals surface area contributed by atoms with E-state index >= 15 is 0 Å². The number of carbonyl (C=O) groups is 1. The van der Waals surface area contributed by atoms with Gasteiger partial charge in [-0.25, -0.2) is 0 Å². The van der Waals surface area contributed by atoms with E-state index in [2.05, 4.69) is 15.5 Å². The maximum atomic E-state index is 12.5. The largest absolute Gasteiger partial charge is 0.496 e. The van der Waals surface area contributed by atoms with Gasteiger partial charge < -0.3 is 14.5 Å². The van der Waals surface area contributed by atoms with E-state index in [1.807, 2.05) is 31.2 Å². The highest BCUT2D eigenvalue weighted by molar-refractivity contribution is 8.00. The van der Waals surface area contributed by atoms with E-state index in [4.69, 9.17) is 9.15 Å². The van der Waals surface area contributed by atoms with Gasteiger partial charge in [0.25, 0.3) is 10.9 Å². The number of rotatable bonds is 7. The van der Waals surface area contributed by atoms with Crippen LogP contribution in [0.15, 0.2) is 52.1 Å². The van der Waals surface area contributed by atoms with Gasteiger partial charge in [0, 0.05) is 5.56 Å². The van der Waals surface area contributed by atoms with Gasteiger partial charge in [-0.05, 0) is 38.1 Å². The number of nitro groups is 1. The van der Waals surface area contributed by atoms with Crippen molar-refractivity contribution in [3.63, 3.8) is 0 Å². The van der Waals surface area contributed by atoms with Crippen molar-refractivity contribution >= 4 is 29.0 Å². The molecule has 9 nitrogen and oxygen atoms in total. The van der Waals surface area contributed by atoms with E-state index in [9.17, 15) is 14.9 Å². The number of thioether (sulfide) groups is 1. The predicted molar refractivity (Wildman–Crippen MR) is 108 cm³/mol. The van der Waals surface area contributed by atoms with Crippen LogP contribution in [0.25, 0.3) is 11.5 Å². The van der Waals surface area contributed by atoms with Crippen LogP contribution in [0.4, 0.5) is 11.4 Å². The summed E-state index contributed by atoms with van der Waals surface area (Å²) >= 11 is 1.06. The number of anilines is 1. The van der Waals surface area contributed by atoms with E-state index in [1.165, 1.54) is 25.3 Å². The Labute approximate surface area is 170 Å². The summed E-state index contributed by atoms with van der Waals surface area (Å²) < 4.78 is 10.6. The van der Waals surface area contributed by atoms with Crippen molar-refractivity contribution in [2.45, 2.75) is 24.3 Å². The third kappa shape index (κ3) is 4.91. The van der Waals surface area contributed by atoms with Crippen molar-refractivity contribution in [1.82, 2.24) is 10.2 Å². The first-order valence-electron chi connectivity index (χ1n) is 8.58. The summed E-state index contributed by atoms with van der Waals surface area (Å²) in [6.07, 6.45) is 0. The predicted octanol–water partition coefficient (Wildman–Crippen LogP) is 4.08. The quantitative estimate of drug-likeness (QED) is 0.349. The standard InChI is InChI=1S/C19H18N4O5S/c1-11-4-6-13(7-5-11)18-21-22-19(28-18)29-12(2)17(24)20-15-9-8-14(27-3)10-16(15)23(25)26/h4-10,12H,1-3H3,(H,20,24)/t12-/m0/s1. The molecule has 3 rings (SSSR count). The SMILES string of the molecule is COc1ccc(NC(=O)[C@H](C)Sc2nnc(-c3ccc(C)cc3)o2)c([N+](=O)[O-])c1. The molecule has 150 valence electrons. The molecule has 1 heterocycles. The fourth-order valence-electron chi connectivity index (χ4n) is 2.40. The number of aryl methyl sites for hydroxylation is 1. The van der Waals surface area contributed by atoms with Crippen LogP contribution >= 0.6 is 11.8 Å². The zero-order chi connectivity index (χ0) is 21.0. The van der Waals surface area contributed by atoms with Crippen LogP contribution in [-0.2, 0) is 4.79 Å². The summed E-state index contributed by atoms with van der Waals surface area (Å²) in [6.45, 7) is 3.62. The lowest BCUT2D eigenvalue weighted by Crippen LogP contribution is -2.22. The third-order valence-corrected chi connectivity index (χ3v) is 4.95. The van der Waals surface area contributed by atoms with Gasteiger partial charge in [0.2, 0.25) is 11.8 Å². The van der Waals surface area contributed by atoms with Crippen LogP contribution in [0.1, 0.15) is 12.5 Å². The number of amides is 1. The average Bonchev–Trinajstić information content (AvgIpc) is 3.17. The molecular formula is C19H18N4O5S. The van der Waals surface area contributed by atoms with Gasteiger partial charge in [0.15, 0.2) is 0 Å². The number of nitro benzene ring substituents is 1. The highest BCUT2D eigenvalue weighted by atomic mass is 32.2. The number of hydrogen-bond acceptors (Lipinski definition) is 8. The molecule has 2 aromatic carbocycles. The van der Waals surface area contributed by atoms with Crippen molar-refractivity contribution in [3.05, 3.63) is 58.1 Å². The molecule has 0 saturated heterocycles. The first kappa shape index (κ1) is 20.3. The summed E-state index contributed by atoms with van der Waals surface area (Å²) in [4.78, 5) is 23.2. The van der Waals surface area contributed by atoms with Crippen molar-refractivity contribution in [2.75, 3.05) is 12.4 Å². The molecule has 0 aliphatic heterocycles. The Morgan fingerprint density at radius 3 is 2.62 bits per heavy atom. The van der Waals surface area contributed by atoms with Crippen molar-refractivity contribution in [2.24, 2.45) is 0 Å². The molecule has 10 heteroatoms. The highest BCUT2D eigenvalue weighted by Gasteiger charge is 2.22. The van der Waals surface area contributed by atoms with E-state index < -0.39 is 16.1 Å². The van der Waals surface area contributed by atoms with Gasteiger partial charge in [0.05, 0.1) is 23.3 Å². The Kier molecular flexibility index (Phi) is 6.13. The van der Waals surface area contributed by atoms with Crippen molar-refractivity contribution in [3.8, 4) is 17.2 Å². The molecule has 0 bridgehead atoms. The monoisotopic (exact) mass is 414 g/mol. The van der Waals surface area contributed by atoms with Gasteiger partial charge >= 0.3 is 0 Å². The lowest BCUT2D eigenvalue weighted by molar-refractivity contribution is -0.384. The van der Waals surface area contributed by atoms with Crippen LogP contribution < -0.4 is 10.1 Å². The molecular weight excluding hydrogens is 396 g/mol. The number of benzene rings is 2. The van der Waals surface area contributed by atoms with Crippen LogP contribution in [-0.4, -0.2) is 33.4 Å². The number of nitrogens with zero attached hydrogens (tertiary/aromatic N) is 3. The van der Waals surface area contributed by atoms with Gasteiger partial charge in [-0.2, -0.15) is 0 Å². The average molecular weight is 414 g/mol. The molecule has 0 spiro atoms. The normalized spacial score (nSPS) is 11.7. The van der Waals surface area contributed by atoms with Crippen molar-refractivity contribution < 1.29 is 18.9 Å². The summed E-state index contributed by atoms with van der Waals surface area (Å²) in [5, 5.41) is 21.4. The molecule has 3 aromatic rings. The van der Waals surface area contributed by atoms with Crippen molar-refractivity contribution in [1.29, 1.82) is 0 Å². The molecule has 1 aromatic heterocycles. The second-order valence-corrected chi connectivity index (χ2v) is 7.42. The minimum absolute atomic E-state index is 0.0825. The van der Waals surface area contributed by atoms with E-state index in [-0.39, 0.29) is 16.6 Å². The van der Waals surface area contributed by atoms with Gasteiger partial charge in [-0.15, -0.1) is 10.2 Å². The topological polar surface area (TPSA) is 120 Å². The lowest BCUT2D eigenvalue weighted by Gasteiger charge is -2.11. The number of aromatic nitrogens is 2. The molecule has 0 saturated carbocycles. The van der Waals surface area contributed by atoms with Gasteiger partial charge in [-0.1, -0.05) is 29.5 Å². The fraction of sp³-hybridized carbons (Fsp3) is 0.211. The molecule has 1 amide bonds. The molecule has 1 atom stereocenters. The van der Waals surface area contributed by atoms with Crippen LogP contribution in [0, 0.1) is 17.0 Å². The second-order valence-electron chi connectivity index (χ2n) is 6.13. The van der Waals surface area contributed by atoms with Gasteiger partial charge in [-0.3, -0.25) is 14.9 Å². The van der Waals surface area contributed by atoms with Gasteiger partial charge in [0.1, 0.15) is 11.4 Å². The minimum Gasteiger partial charge on any atom is -0.496 e. The van der Waals surface area contributed by atoms with E-state index in [1.54, 1.807) is 6.92 Å². The number of hydrogen-bond donors (Lipinski definition) is 1. The summed E-state index contributed by atoms with van der Waals surface area (Å²) in [5.74, 6) is 0.246. The smallest absolute Gasteiger partial charge is 0.296 e. The number of nitrogens with one attached hydrogen (secondary N) is 1. The summed E-state index contributed by atoms with van der Waals surface area (Å²) in [7, 11) is 1.41. The Hall–Kier alpha value is -3.40. The zero-order valence-electron chi connectivity index (χ0n) is 15.9. The molecule has 1 N–H and O–H groups in total. The Morgan fingerprint density at radius 1 is 1.24 bits per heavy atom. The number of ether oxygens (including phenoxy) is 1. The summed E-state index contributed by atoms with van der Waals surface area (Å²) in [6, 6.07) is 11.8. The first-order chi connectivity index (χ1) is 13.9. The Morgan fingerprint density at radius 2 is 1.97 bits per heavy atom. The molecule has 0 unspecified atom stereocenters. The van der Waals surface area contributed by atoms with Crippen LogP contribution in [0.5, 0.6) is 5.75 Å². The van der Waals surface area contributed by atoms with Crippen LogP contribution in [0.2, 0.25) is 0 Å². The number of methoxy groups -OCH3 is 1.